The summed E-state index contributed by atoms with van der Waals surface area (Å²) in [5, 5.41) is 10.4. The highest BCUT2D eigenvalue weighted by molar-refractivity contribution is 5.92. The van der Waals surface area contributed by atoms with Crippen LogP contribution in [0.15, 0.2) is 43.2 Å². The summed E-state index contributed by atoms with van der Waals surface area (Å²) in [4.78, 5) is 14.2. The van der Waals surface area contributed by atoms with E-state index < -0.39 is 0 Å². The summed E-state index contributed by atoms with van der Waals surface area (Å²) < 4.78 is 6.96. The van der Waals surface area contributed by atoms with Crippen LogP contribution in [0.2, 0.25) is 0 Å². The lowest BCUT2D eigenvalue weighted by atomic mass is 10.2. The minimum Gasteiger partial charge on any atom is -0.381 e. The Morgan fingerprint density at radius 3 is 2.64 bits per heavy atom. The maximum absolute atomic E-state index is 12.1. The number of amides is 1. The summed E-state index contributed by atoms with van der Waals surface area (Å²) >= 11 is 0. The molecule has 132 valence electrons. The molecule has 7 heteroatoms. The van der Waals surface area contributed by atoms with Crippen LogP contribution in [0.3, 0.4) is 0 Å². The molecule has 7 nitrogen and oxygen atoms in total. The maximum Gasteiger partial charge on any atom is 0.238 e. The van der Waals surface area contributed by atoms with E-state index in [0.29, 0.717) is 26.3 Å². The van der Waals surface area contributed by atoms with Gasteiger partial charge in [0.1, 0.15) is 0 Å². The Morgan fingerprint density at radius 2 is 1.96 bits per heavy atom. The van der Waals surface area contributed by atoms with Crippen molar-refractivity contribution in [2.24, 2.45) is 0 Å². The number of nitrogens with zero attached hydrogens (tertiary/aromatic N) is 3. The highest BCUT2D eigenvalue weighted by Gasteiger charge is 2.14. The molecular formula is C18H23N5O2. The lowest BCUT2D eigenvalue weighted by Gasteiger charge is -2.25. The predicted octanol–water partition coefficient (Wildman–Crippen LogP) is 1.87. The number of carbonyl (C=O) groups excluding carboxylic acids is 1. The first-order valence-electron chi connectivity index (χ1n) is 8.32. The number of carbonyl (C=O) groups is 1. The topological polar surface area (TPSA) is 71.4 Å². The number of hydrogen-bond donors (Lipinski definition) is 2. The number of anilines is 2. The van der Waals surface area contributed by atoms with Crippen LogP contribution in [0.1, 0.15) is 5.56 Å². The second-order valence-electron chi connectivity index (χ2n) is 5.88. The van der Waals surface area contributed by atoms with Crippen molar-refractivity contribution in [3.05, 3.63) is 48.8 Å². The SMILES string of the molecule is C=Cn1cc(CNc2ccc(NC(=O)CN3CCOCC3)cc2)cn1. The van der Waals surface area contributed by atoms with E-state index in [1.54, 1.807) is 17.1 Å². The van der Waals surface area contributed by atoms with Gasteiger partial charge in [-0.2, -0.15) is 5.10 Å². The van der Waals surface area contributed by atoms with Gasteiger partial charge in [0.15, 0.2) is 0 Å². The molecule has 0 aliphatic carbocycles. The van der Waals surface area contributed by atoms with E-state index in [9.17, 15) is 4.79 Å². The third-order valence-corrected chi connectivity index (χ3v) is 3.98. The first kappa shape index (κ1) is 17.2. The fourth-order valence-electron chi connectivity index (χ4n) is 2.61. The number of morpholine rings is 1. The molecule has 2 heterocycles. The Balaban J connectivity index is 1.46. The largest absolute Gasteiger partial charge is 0.381 e. The monoisotopic (exact) mass is 341 g/mol. The fourth-order valence-corrected chi connectivity index (χ4v) is 2.61. The average Bonchev–Trinajstić information content (AvgIpc) is 3.10. The molecule has 0 saturated carbocycles. The first-order chi connectivity index (χ1) is 12.2. The molecule has 1 saturated heterocycles. The Labute approximate surface area is 147 Å². The molecule has 1 aliphatic heterocycles. The molecule has 0 radical (unpaired) electrons. The van der Waals surface area contributed by atoms with Crippen molar-refractivity contribution in [3.8, 4) is 0 Å². The smallest absolute Gasteiger partial charge is 0.238 e. The summed E-state index contributed by atoms with van der Waals surface area (Å²) in [7, 11) is 0. The van der Waals surface area contributed by atoms with Crippen LogP contribution in [0.4, 0.5) is 11.4 Å². The minimum absolute atomic E-state index is 0.000511. The van der Waals surface area contributed by atoms with Crippen molar-refractivity contribution < 1.29 is 9.53 Å². The second-order valence-corrected chi connectivity index (χ2v) is 5.88. The van der Waals surface area contributed by atoms with E-state index in [2.05, 4.69) is 27.2 Å². The summed E-state index contributed by atoms with van der Waals surface area (Å²) in [6.45, 7) is 7.74. The molecule has 2 aromatic rings. The van der Waals surface area contributed by atoms with E-state index in [-0.39, 0.29) is 5.91 Å². The maximum atomic E-state index is 12.1. The highest BCUT2D eigenvalue weighted by atomic mass is 16.5. The molecule has 0 bridgehead atoms. The highest BCUT2D eigenvalue weighted by Crippen LogP contribution is 2.14. The molecule has 0 spiro atoms. The van der Waals surface area contributed by atoms with Gasteiger partial charge >= 0.3 is 0 Å². The van der Waals surface area contributed by atoms with E-state index in [1.807, 2.05) is 30.5 Å². The van der Waals surface area contributed by atoms with Gasteiger partial charge in [0.25, 0.3) is 0 Å². The molecule has 1 aliphatic rings. The van der Waals surface area contributed by atoms with Gasteiger partial charge in [-0.05, 0) is 24.3 Å². The molecule has 3 rings (SSSR count). The molecule has 25 heavy (non-hydrogen) atoms. The predicted molar refractivity (Wildman–Crippen MR) is 98.3 cm³/mol. The van der Waals surface area contributed by atoms with Crippen LogP contribution in [-0.2, 0) is 16.1 Å². The van der Waals surface area contributed by atoms with E-state index in [4.69, 9.17) is 4.74 Å². The Kier molecular flexibility index (Phi) is 5.81. The van der Waals surface area contributed by atoms with Gasteiger partial charge in [0, 0.05) is 49.0 Å². The third-order valence-electron chi connectivity index (χ3n) is 3.98. The van der Waals surface area contributed by atoms with Crippen molar-refractivity contribution in [3.63, 3.8) is 0 Å². The zero-order valence-corrected chi connectivity index (χ0v) is 14.1. The molecule has 1 aromatic heterocycles. The molecule has 1 amide bonds. The number of aromatic nitrogens is 2. The molecule has 1 aromatic carbocycles. The van der Waals surface area contributed by atoms with Gasteiger partial charge < -0.3 is 15.4 Å². The van der Waals surface area contributed by atoms with Gasteiger partial charge in [-0.15, -0.1) is 0 Å². The van der Waals surface area contributed by atoms with Crippen LogP contribution in [0.25, 0.3) is 6.20 Å². The molecule has 2 N–H and O–H groups in total. The number of hydrogen-bond acceptors (Lipinski definition) is 5. The van der Waals surface area contributed by atoms with Crippen LogP contribution in [0.5, 0.6) is 0 Å². The molecule has 0 atom stereocenters. The number of ether oxygens (including phenoxy) is 1. The van der Waals surface area contributed by atoms with Gasteiger partial charge in [-0.3, -0.25) is 9.69 Å². The van der Waals surface area contributed by atoms with Crippen molar-refractivity contribution in [2.75, 3.05) is 43.5 Å². The first-order valence-corrected chi connectivity index (χ1v) is 8.32. The average molecular weight is 341 g/mol. The zero-order valence-electron chi connectivity index (χ0n) is 14.1. The van der Waals surface area contributed by atoms with E-state index in [0.717, 1.165) is 30.0 Å². The number of benzene rings is 1. The van der Waals surface area contributed by atoms with Crippen molar-refractivity contribution in [1.29, 1.82) is 0 Å². The fraction of sp³-hybridized carbons (Fsp3) is 0.333. The van der Waals surface area contributed by atoms with Crippen LogP contribution in [-0.4, -0.2) is 53.4 Å². The number of nitrogens with one attached hydrogen (secondary N) is 2. The van der Waals surface area contributed by atoms with Gasteiger partial charge in [-0.1, -0.05) is 6.58 Å². The number of rotatable bonds is 7. The normalized spacial score (nSPS) is 14.9. The van der Waals surface area contributed by atoms with Crippen LogP contribution < -0.4 is 10.6 Å². The summed E-state index contributed by atoms with van der Waals surface area (Å²) in [6.07, 6.45) is 5.37. The second kappa shape index (κ2) is 8.46. The summed E-state index contributed by atoms with van der Waals surface area (Å²) in [5.41, 5.74) is 2.85. The molecule has 1 fully saturated rings. The summed E-state index contributed by atoms with van der Waals surface area (Å²) in [6, 6.07) is 7.68. The Hall–Kier alpha value is -2.64. The van der Waals surface area contributed by atoms with Crippen molar-refractivity contribution >= 4 is 23.5 Å². The van der Waals surface area contributed by atoms with Gasteiger partial charge in [-0.25, -0.2) is 4.68 Å². The minimum atomic E-state index is -0.000511. The van der Waals surface area contributed by atoms with Gasteiger partial charge in [0.05, 0.1) is 26.0 Å². The van der Waals surface area contributed by atoms with Crippen LogP contribution in [0, 0.1) is 0 Å². The Morgan fingerprint density at radius 1 is 1.24 bits per heavy atom. The summed E-state index contributed by atoms with van der Waals surface area (Å²) in [5.74, 6) is -0.000511. The van der Waals surface area contributed by atoms with Crippen LogP contribution >= 0.6 is 0 Å². The molecule has 0 unspecified atom stereocenters. The lowest BCUT2D eigenvalue weighted by Crippen LogP contribution is -2.41. The Bertz CT molecular complexity index is 705. The van der Waals surface area contributed by atoms with Crippen molar-refractivity contribution in [1.82, 2.24) is 14.7 Å². The van der Waals surface area contributed by atoms with Crippen molar-refractivity contribution in [2.45, 2.75) is 6.54 Å². The van der Waals surface area contributed by atoms with E-state index >= 15 is 0 Å². The quantitative estimate of drug-likeness (QED) is 0.804. The standard InChI is InChI=1S/C18H23N5O2/c1-2-23-13-15(12-20-23)11-19-16-3-5-17(6-4-16)21-18(24)14-22-7-9-25-10-8-22/h2-6,12-13,19H,1,7-11,14H2,(H,21,24). The molecular weight excluding hydrogens is 318 g/mol. The zero-order chi connectivity index (χ0) is 17.5. The van der Waals surface area contributed by atoms with Gasteiger partial charge in [0.2, 0.25) is 5.91 Å². The lowest BCUT2D eigenvalue weighted by molar-refractivity contribution is -0.118. The third kappa shape index (κ3) is 5.17. The van der Waals surface area contributed by atoms with E-state index in [1.165, 1.54) is 0 Å².